The van der Waals surface area contributed by atoms with E-state index in [-0.39, 0.29) is 29.6 Å². The lowest BCUT2D eigenvalue weighted by Gasteiger charge is -2.20. The van der Waals surface area contributed by atoms with Gasteiger partial charge < -0.3 is 24.3 Å². The summed E-state index contributed by atoms with van der Waals surface area (Å²) < 4.78 is 21.6. The Bertz CT molecular complexity index is 686. The van der Waals surface area contributed by atoms with E-state index in [0.717, 1.165) is 0 Å². The molecule has 2 unspecified atom stereocenters. The van der Waals surface area contributed by atoms with Gasteiger partial charge in [0.2, 0.25) is 11.8 Å². The molecule has 0 saturated carbocycles. The molecule has 1 amide bonds. The molecular formula is C16H22N4O5. The monoisotopic (exact) mass is 350 g/mol. The third-order valence-electron chi connectivity index (χ3n) is 3.61. The van der Waals surface area contributed by atoms with Crippen LogP contribution in [0.4, 0.5) is 5.69 Å². The third-order valence-corrected chi connectivity index (χ3v) is 3.61. The first-order chi connectivity index (χ1) is 11.8. The van der Waals surface area contributed by atoms with Gasteiger partial charge in [-0.25, -0.2) is 0 Å². The van der Waals surface area contributed by atoms with Crippen molar-refractivity contribution in [2.24, 2.45) is 0 Å². The molecule has 0 spiro atoms. The minimum Gasteiger partial charge on any atom is -0.479 e. The molecule has 1 fully saturated rings. The molecule has 1 aromatic heterocycles. The summed E-state index contributed by atoms with van der Waals surface area (Å²) in [6.07, 6.45) is 0.0762. The number of nitrogens with zero attached hydrogens (tertiary/aromatic N) is 3. The van der Waals surface area contributed by atoms with E-state index < -0.39 is 11.7 Å². The van der Waals surface area contributed by atoms with E-state index in [4.69, 9.17) is 18.9 Å². The highest BCUT2D eigenvalue weighted by Gasteiger charge is 2.36. The van der Waals surface area contributed by atoms with Crippen LogP contribution in [0.1, 0.15) is 38.8 Å². The van der Waals surface area contributed by atoms with Crippen LogP contribution in [0.2, 0.25) is 0 Å². The molecule has 9 heteroatoms. The SMILES string of the molecule is COc1nc(OC)c(NC(C)=O)c(C(C#N)CC2COC(C)(C)O2)n1. The van der Waals surface area contributed by atoms with Crippen molar-refractivity contribution in [3.05, 3.63) is 5.69 Å². The second-order valence-electron chi connectivity index (χ2n) is 6.03. The number of amides is 1. The summed E-state index contributed by atoms with van der Waals surface area (Å²) in [6.45, 7) is 5.35. The number of nitrogens with one attached hydrogen (secondary N) is 1. The van der Waals surface area contributed by atoms with Gasteiger partial charge in [0.15, 0.2) is 5.79 Å². The van der Waals surface area contributed by atoms with Crippen molar-refractivity contribution < 1.29 is 23.7 Å². The number of hydrogen-bond acceptors (Lipinski definition) is 8. The molecule has 1 aromatic rings. The Morgan fingerprint density at radius 1 is 1.44 bits per heavy atom. The summed E-state index contributed by atoms with van der Waals surface area (Å²) in [7, 11) is 2.82. The molecule has 1 saturated heterocycles. The first-order valence-electron chi connectivity index (χ1n) is 7.78. The zero-order chi connectivity index (χ0) is 18.6. The fraction of sp³-hybridized carbons (Fsp3) is 0.625. The zero-order valence-corrected chi connectivity index (χ0v) is 15.0. The molecule has 1 N–H and O–H groups in total. The van der Waals surface area contributed by atoms with Crippen LogP contribution in [0.15, 0.2) is 0 Å². The Labute approximate surface area is 146 Å². The van der Waals surface area contributed by atoms with Gasteiger partial charge in [-0.05, 0) is 20.3 Å². The number of rotatable bonds is 6. The average Bonchev–Trinajstić information content (AvgIpc) is 2.91. The lowest BCUT2D eigenvalue weighted by atomic mass is 9.98. The third kappa shape index (κ3) is 4.55. The van der Waals surface area contributed by atoms with Crippen LogP contribution in [-0.2, 0) is 14.3 Å². The maximum atomic E-state index is 11.5. The summed E-state index contributed by atoms with van der Waals surface area (Å²) in [5.74, 6) is -1.56. The van der Waals surface area contributed by atoms with E-state index in [2.05, 4.69) is 21.4 Å². The van der Waals surface area contributed by atoms with Gasteiger partial charge in [-0.15, -0.1) is 0 Å². The van der Waals surface area contributed by atoms with Crippen LogP contribution in [-0.4, -0.2) is 48.6 Å². The molecule has 1 aliphatic heterocycles. The van der Waals surface area contributed by atoms with Gasteiger partial charge in [0.1, 0.15) is 5.69 Å². The van der Waals surface area contributed by atoms with Crippen molar-refractivity contribution in [1.82, 2.24) is 9.97 Å². The van der Waals surface area contributed by atoms with Gasteiger partial charge in [-0.2, -0.15) is 15.2 Å². The van der Waals surface area contributed by atoms with Gasteiger partial charge >= 0.3 is 6.01 Å². The molecule has 136 valence electrons. The Morgan fingerprint density at radius 2 is 2.16 bits per heavy atom. The molecule has 0 radical (unpaired) electrons. The minimum atomic E-state index is -0.688. The summed E-state index contributed by atoms with van der Waals surface area (Å²) in [5.41, 5.74) is 0.565. The molecule has 9 nitrogen and oxygen atoms in total. The maximum Gasteiger partial charge on any atom is 0.319 e. The smallest absolute Gasteiger partial charge is 0.319 e. The first kappa shape index (κ1) is 18.9. The van der Waals surface area contributed by atoms with Gasteiger partial charge in [0.05, 0.1) is 44.6 Å². The van der Waals surface area contributed by atoms with Crippen LogP contribution in [0.3, 0.4) is 0 Å². The largest absolute Gasteiger partial charge is 0.479 e. The van der Waals surface area contributed by atoms with Gasteiger partial charge in [0, 0.05) is 6.92 Å². The second-order valence-corrected chi connectivity index (χ2v) is 6.03. The van der Waals surface area contributed by atoms with Crippen LogP contribution in [0.5, 0.6) is 11.9 Å². The van der Waals surface area contributed by atoms with Crippen molar-refractivity contribution in [3.63, 3.8) is 0 Å². The summed E-state index contributed by atoms with van der Waals surface area (Å²) in [5, 5.41) is 12.3. The fourth-order valence-electron chi connectivity index (χ4n) is 2.59. The summed E-state index contributed by atoms with van der Waals surface area (Å²) in [6, 6.07) is 2.25. The lowest BCUT2D eigenvalue weighted by Crippen LogP contribution is -2.23. The number of nitriles is 1. The Balaban J connectivity index is 2.39. The minimum absolute atomic E-state index is 0.0464. The predicted molar refractivity (Wildman–Crippen MR) is 87.3 cm³/mol. The van der Waals surface area contributed by atoms with Crippen LogP contribution >= 0.6 is 0 Å². The Hall–Kier alpha value is -2.44. The maximum absolute atomic E-state index is 11.5. The van der Waals surface area contributed by atoms with E-state index in [1.54, 1.807) is 0 Å². The quantitative estimate of drug-likeness (QED) is 0.822. The Kier molecular flexibility index (Phi) is 5.77. The highest BCUT2D eigenvalue weighted by molar-refractivity contribution is 5.91. The topological polar surface area (TPSA) is 116 Å². The van der Waals surface area contributed by atoms with Crippen molar-refractivity contribution in [3.8, 4) is 18.0 Å². The fourth-order valence-corrected chi connectivity index (χ4v) is 2.59. The molecule has 25 heavy (non-hydrogen) atoms. The number of ether oxygens (including phenoxy) is 4. The van der Waals surface area contributed by atoms with Crippen LogP contribution < -0.4 is 14.8 Å². The molecule has 0 aromatic carbocycles. The molecule has 0 bridgehead atoms. The summed E-state index contributed by atoms with van der Waals surface area (Å²) in [4.78, 5) is 19.9. The molecule has 2 heterocycles. The van der Waals surface area contributed by atoms with Crippen molar-refractivity contribution in [2.45, 2.75) is 45.0 Å². The lowest BCUT2D eigenvalue weighted by molar-refractivity contribution is -0.139. The normalized spacial score (nSPS) is 19.8. The van der Waals surface area contributed by atoms with E-state index in [1.165, 1.54) is 21.1 Å². The summed E-state index contributed by atoms with van der Waals surface area (Å²) >= 11 is 0. The molecule has 1 aliphatic rings. The number of hydrogen-bond donors (Lipinski definition) is 1. The number of methoxy groups -OCH3 is 2. The number of carbonyl (C=O) groups is 1. The van der Waals surface area contributed by atoms with Gasteiger partial charge in [0.25, 0.3) is 0 Å². The number of aromatic nitrogens is 2. The predicted octanol–water partition coefficient (Wildman–Crippen LogP) is 1.60. The molecule has 0 aliphatic carbocycles. The van der Waals surface area contributed by atoms with E-state index in [0.29, 0.717) is 18.7 Å². The van der Waals surface area contributed by atoms with Crippen LogP contribution in [0, 0.1) is 11.3 Å². The zero-order valence-electron chi connectivity index (χ0n) is 15.0. The van der Waals surface area contributed by atoms with Crippen LogP contribution in [0.25, 0.3) is 0 Å². The highest BCUT2D eigenvalue weighted by Crippen LogP contribution is 2.36. The average molecular weight is 350 g/mol. The molecule has 2 rings (SSSR count). The standard InChI is InChI=1S/C16H22N4O5/c1-9(21)18-13-12(19-15(23-5)20-14(13)22-4)10(7-17)6-11-8-24-16(2,3)25-11/h10-11H,6,8H2,1-5H3,(H,18,21). The first-order valence-corrected chi connectivity index (χ1v) is 7.78. The van der Waals surface area contributed by atoms with Crippen molar-refractivity contribution >= 4 is 11.6 Å². The Morgan fingerprint density at radius 3 is 2.64 bits per heavy atom. The molecular weight excluding hydrogens is 328 g/mol. The molecule has 2 atom stereocenters. The van der Waals surface area contributed by atoms with Crippen molar-refractivity contribution in [2.75, 3.05) is 26.1 Å². The number of anilines is 1. The van der Waals surface area contributed by atoms with E-state index >= 15 is 0 Å². The van der Waals surface area contributed by atoms with Gasteiger partial charge in [-0.3, -0.25) is 4.79 Å². The second kappa shape index (κ2) is 7.63. The van der Waals surface area contributed by atoms with Gasteiger partial charge in [-0.1, -0.05) is 0 Å². The van der Waals surface area contributed by atoms with E-state index in [1.807, 2.05) is 13.8 Å². The number of carbonyl (C=O) groups excluding carboxylic acids is 1. The highest BCUT2D eigenvalue weighted by atomic mass is 16.7. The van der Waals surface area contributed by atoms with E-state index in [9.17, 15) is 10.1 Å². The van der Waals surface area contributed by atoms with Crippen molar-refractivity contribution in [1.29, 1.82) is 5.26 Å².